The molecular weight excluding hydrogens is 174 g/mol. The van der Waals surface area contributed by atoms with Gasteiger partial charge >= 0.3 is 0 Å². The number of carbonyl (C=O) groups is 1. The van der Waals surface area contributed by atoms with Crippen LogP contribution in [0.4, 0.5) is 5.69 Å². The number of hydrogen-bond donors (Lipinski definition) is 1. The van der Waals surface area contributed by atoms with E-state index in [1.807, 2.05) is 0 Å². The molecule has 0 spiro atoms. The number of aromatic hydroxyl groups is 1. The molecule has 0 aliphatic heterocycles. The van der Waals surface area contributed by atoms with Gasteiger partial charge in [0.15, 0.2) is 6.29 Å². The fraction of sp³-hybridized carbons (Fsp3) is 0.125. The largest absolute Gasteiger partial charge is 0.507 e. The number of nitro groups is 1. The highest BCUT2D eigenvalue weighted by atomic mass is 16.6. The molecule has 0 amide bonds. The second-order valence-electron chi connectivity index (χ2n) is 2.58. The molecule has 5 heteroatoms. The monoisotopic (exact) mass is 181 g/mol. The van der Waals surface area contributed by atoms with Crippen LogP contribution in [0, 0.1) is 17.0 Å². The smallest absolute Gasteiger partial charge is 0.270 e. The van der Waals surface area contributed by atoms with Crippen LogP contribution in [0.15, 0.2) is 12.1 Å². The van der Waals surface area contributed by atoms with Gasteiger partial charge in [-0.25, -0.2) is 0 Å². The SMILES string of the molecule is Cc1cc([N+](=O)[O-])cc(C=O)c1O. The van der Waals surface area contributed by atoms with E-state index < -0.39 is 4.92 Å². The van der Waals surface area contributed by atoms with E-state index in [-0.39, 0.29) is 17.0 Å². The minimum Gasteiger partial charge on any atom is -0.507 e. The van der Waals surface area contributed by atoms with Gasteiger partial charge in [0.05, 0.1) is 10.5 Å². The number of hydrogen-bond acceptors (Lipinski definition) is 4. The lowest BCUT2D eigenvalue weighted by Crippen LogP contribution is -1.92. The molecule has 0 saturated carbocycles. The van der Waals surface area contributed by atoms with E-state index >= 15 is 0 Å². The highest BCUT2D eigenvalue weighted by Crippen LogP contribution is 2.25. The van der Waals surface area contributed by atoms with Gasteiger partial charge in [0.25, 0.3) is 5.69 Å². The van der Waals surface area contributed by atoms with Crippen molar-refractivity contribution < 1.29 is 14.8 Å². The maximum absolute atomic E-state index is 10.4. The summed E-state index contributed by atoms with van der Waals surface area (Å²) < 4.78 is 0. The second kappa shape index (κ2) is 3.22. The second-order valence-corrected chi connectivity index (χ2v) is 2.58. The quantitative estimate of drug-likeness (QED) is 0.425. The molecule has 0 fully saturated rings. The molecule has 0 atom stereocenters. The van der Waals surface area contributed by atoms with Crippen molar-refractivity contribution >= 4 is 12.0 Å². The molecule has 68 valence electrons. The number of nitro benzene ring substituents is 1. The first-order chi connectivity index (χ1) is 6.06. The van der Waals surface area contributed by atoms with Crippen LogP contribution in [0.25, 0.3) is 0 Å². The molecule has 0 saturated heterocycles. The first-order valence-corrected chi connectivity index (χ1v) is 3.49. The standard InChI is InChI=1S/C8H7NO4/c1-5-2-7(9(12)13)3-6(4-10)8(5)11/h2-4,11H,1H3. The Hall–Kier alpha value is -1.91. The van der Waals surface area contributed by atoms with Crippen molar-refractivity contribution in [2.45, 2.75) is 6.92 Å². The number of aldehydes is 1. The van der Waals surface area contributed by atoms with Crippen LogP contribution in [-0.4, -0.2) is 16.3 Å². The lowest BCUT2D eigenvalue weighted by molar-refractivity contribution is -0.384. The molecule has 0 bridgehead atoms. The summed E-state index contributed by atoms with van der Waals surface area (Å²) in [6, 6.07) is 2.25. The van der Waals surface area contributed by atoms with Crippen molar-refractivity contribution in [2.24, 2.45) is 0 Å². The zero-order valence-corrected chi connectivity index (χ0v) is 6.85. The van der Waals surface area contributed by atoms with Crippen LogP contribution in [0.5, 0.6) is 5.75 Å². The number of phenolic OH excluding ortho intramolecular Hbond substituents is 1. The molecule has 0 radical (unpaired) electrons. The van der Waals surface area contributed by atoms with Gasteiger partial charge in [-0.05, 0) is 12.5 Å². The topological polar surface area (TPSA) is 80.4 Å². The van der Waals surface area contributed by atoms with Gasteiger partial charge in [0.2, 0.25) is 0 Å². The van der Waals surface area contributed by atoms with Gasteiger partial charge < -0.3 is 5.11 Å². The first kappa shape index (κ1) is 9.18. The maximum atomic E-state index is 10.4. The van der Waals surface area contributed by atoms with E-state index in [9.17, 15) is 20.0 Å². The van der Waals surface area contributed by atoms with Gasteiger partial charge in [0, 0.05) is 12.1 Å². The summed E-state index contributed by atoms with van der Waals surface area (Å²) in [6.45, 7) is 1.50. The summed E-state index contributed by atoms with van der Waals surface area (Å²) in [5.74, 6) is -0.208. The average molecular weight is 181 g/mol. The number of nitrogens with zero attached hydrogens (tertiary/aromatic N) is 1. The fourth-order valence-corrected chi connectivity index (χ4v) is 0.982. The Kier molecular flexibility index (Phi) is 2.27. The Labute approximate surface area is 73.8 Å². The summed E-state index contributed by atoms with van der Waals surface area (Å²) in [5, 5.41) is 19.6. The molecule has 1 N–H and O–H groups in total. The Morgan fingerprint density at radius 3 is 2.62 bits per heavy atom. The highest BCUT2D eigenvalue weighted by molar-refractivity contribution is 5.81. The average Bonchev–Trinajstić information content (AvgIpc) is 2.09. The van der Waals surface area contributed by atoms with Crippen molar-refractivity contribution in [3.8, 4) is 5.75 Å². The molecule has 0 aromatic heterocycles. The van der Waals surface area contributed by atoms with E-state index in [0.29, 0.717) is 11.8 Å². The molecule has 5 nitrogen and oxygen atoms in total. The molecule has 0 aliphatic carbocycles. The van der Waals surface area contributed by atoms with Crippen LogP contribution in [0.3, 0.4) is 0 Å². The number of non-ortho nitro benzene ring substituents is 1. The van der Waals surface area contributed by atoms with Gasteiger partial charge in [-0.15, -0.1) is 0 Å². The Morgan fingerprint density at radius 2 is 2.15 bits per heavy atom. The lowest BCUT2D eigenvalue weighted by Gasteiger charge is -2.00. The van der Waals surface area contributed by atoms with Crippen molar-refractivity contribution in [3.05, 3.63) is 33.4 Å². The third kappa shape index (κ3) is 1.64. The number of phenols is 1. The van der Waals surface area contributed by atoms with Crippen LogP contribution in [0.2, 0.25) is 0 Å². The zero-order chi connectivity index (χ0) is 10.0. The van der Waals surface area contributed by atoms with Crippen molar-refractivity contribution in [1.82, 2.24) is 0 Å². The molecule has 0 aliphatic rings. The molecule has 1 aromatic carbocycles. The van der Waals surface area contributed by atoms with Crippen molar-refractivity contribution in [1.29, 1.82) is 0 Å². The number of benzene rings is 1. The van der Waals surface area contributed by atoms with Gasteiger partial charge in [-0.3, -0.25) is 14.9 Å². The van der Waals surface area contributed by atoms with E-state index in [0.717, 1.165) is 6.07 Å². The van der Waals surface area contributed by atoms with Crippen LogP contribution < -0.4 is 0 Å². The Balaban J connectivity index is 3.38. The van der Waals surface area contributed by atoms with E-state index in [1.54, 1.807) is 0 Å². The summed E-state index contributed by atoms with van der Waals surface area (Å²) >= 11 is 0. The predicted molar refractivity (Wildman–Crippen MR) is 44.9 cm³/mol. The fourth-order valence-electron chi connectivity index (χ4n) is 0.982. The summed E-state index contributed by atoms with van der Waals surface area (Å²) in [5.41, 5.74) is 0.0559. The molecule has 0 unspecified atom stereocenters. The number of carbonyl (C=O) groups excluding carboxylic acids is 1. The first-order valence-electron chi connectivity index (χ1n) is 3.49. The number of rotatable bonds is 2. The molecule has 0 heterocycles. The maximum Gasteiger partial charge on any atom is 0.270 e. The van der Waals surface area contributed by atoms with Crippen molar-refractivity contribution in [3.63, 3.8) is 0 Å². The van der Waals surface area contributed by atoms with Gasteiger partial charge in [-0.2, -0.15) is 0 Å². The number of aryl methyl sites for hydroxylation is 1. The minimum atomic E-state index is -0.612. The van der Waals surface area contributed by atoms with Crippen LogP contribution in [0.1, 0.15) is 15.9 Å². The highest BCUT2D eigenvalue weighted by Gasteiger charge is 2.12. The van der Waals surface area contributed by atoms with Crippen LogP contribution >= 0.6 is 0 Å². The van der Waals surface area contributed by atoms with Gasteiger partial charge in [-0.1, -0.05) is 0 Å². The third-order valence-electron chi connectivity index (χ3n) is 1.65. The summed E-state index contributed by atoms with van der Waals surface area (Å²) in [7, 11) is 0. The normalized spacial score (nSPS) is 9.62. The minimum absolute atomic E-state index is 0.0632. The van der Waals surface area contributed by atoms with Crippen molar-refractivity contribution in [2.75, 3.05) is 0 Å². The van der Waals surface area contributed by atoms with E-state index in [1.165, 1.54) is 13.0 Å². The zero-order valence-electron chi connectivity index (χ0n) is 6.85. The van der Waals surface area contributed by atoms with E-state index in [4.69, 9.17) is 0 Å². The van der Waals surface area contributed by atoms with Crippen LogP contribution in [-0.2, 0) is 0 Å². The molecule has 1 rings (SSSR count). The van der Waals surface area contributed by atoms with Gasteiger partial charge in [0.1, 0.15) is 5.75 Å². The Morgan fingerprint density at radius 1 is 1.54 bits per heavy atom. The Bertz CT molecular complexity index is 373. The lowest BCUT2D eigenvalue weighted by atomic mass is 10.1. The molecule has 13 heavy (non-hydrogen) atoms. The third-order valence-corrected chi connectivity index (χ3v) is 1.65. The molecule has 1 aromatic rings. The van der Waals surface area contributed by atoms with E-state index in [2.05, 4.69) is 0 Å². The molecular formula is C8H7NO4. The summed E-state index contributed by atoms with van der Waals surface area (Å²) in [6.07, 6.45) is 0.384. The predicted octanol–water partition coefficient (Wildman–Crippen LogP) is 1.42. The summed E-state index contributed by atoms with van der Waals surface area (Å²) in [4.78, 5) is 20.1.